The standard InChI is InChI=1S/C12H10N2S2/c15-11-5-1-9(2-6-11)13-14-10-3-7-12(16)8-4-10/h1-8,15-16H/b14-13+. The van der Waals surface area contributed by atoms with Gasteiger partial charge in [-0.1, -0.05) is 0 Å². The summed E-state index contributed by atoms with van der Waals surface area (Å²) in [5, 5.41) is 8.23. The van der Waals surface area contributed by atoms with Gasteiger partial charge in [0.05, 0.1) is 11.4 Å². The quantitative estimate of drug-likeness (QED) is 0.568. The van der Waals surface area contributed by atoms with E-state index in [-0.39, 0.29) is 0 Å². The van der Waals surface area contributed by atoms with Crippen molar-refractivity contribution in [3.8, 4) is 0 Å². The summed E-state index contributed by atoms with van der Waals surface area (Å²) in [7, 11) is 0. The zero-order chi connectivity index (χ0) is 11.4. The fourth-order valence-electron chi connectivity index (χ4n) is 1.15. The first-order valence-corrected chi connectivity index (χ1v) is 5.63. The number of thiol groups is 2. The maximum absolute atomic E-state index is 4.20. The van der Waals surface area contributed by atoms with Gasteiger partial charge in [0.2, 0.25) is 0 Å². The molecule has 2 rings (SSSR count). The van der Waals surface area contributed by atoms with Crippen LogP contribution < -0.4 is 0 Å². The van der Waals surface area contributed by atoms with Gasteiger partial charge in [-0.3, -0.25) is 0 Å². The highest BCUT2D eigenvalue weighted by Crippen LogP contribution is 2.20. The maximum Gasteiger partial charge on any atom is 0.0857 e. The minimum Gasteiger partial charge on any atom is -0.151 e. The molecule has 0 N–H and O–H groups in total. The van der Waals surface area contributed by atoms with Gasteiger partial charge in [0.15, 0.2) is 0 Å². The Kier molecular flexibility index (Phi) is 3.64. The molecule has 2 aromatic carbocycles. The zero-order valence-electron chi connectivity index (χ0n) is 8.41. The number of azo groups is 1. The summed E-state index contributed by atoms with van der Waals surface area (Å²) in [4.78, 5) is 1.83. The Morgan fingerprint density at radius 2 is 0.875 bits per heavy atom. The second kappa shape index (κ2) is 5.18. The van der Waals surface area contributed by atoms with Crippen LogP contribution in [0.4, 0.5) is 11.4 Å². The first kappa shape index (κ1) is 11.2. The summed E-state index contributed by atoms with van der Waals surface area (Å²) in [6, 6.07) is 15.0. The predicted octanol–water partition coefficient (Wildman–Crippen LogP) is 4.68. The molecular formula is C12H10N2S2. The van der Waals surface area contributed by atoms with Crippen molar-refractivity contribution in [2.75, 3.05) is 0 Å². The highest BCUT2D eigenvalue weighted by molar-refractivity contribution is 7.80. The van der Waals surface area contributed by atoms with Crippen LogP contribution in [0.5, 0.6) is 0 Å². The molecule has 0 spiro atoms. The van der Waals surface area contributed by atoms with Crippen LogP contribution in [0.1, 0.15) is 0 Å². The van der Waals surface area contributed by atoms with E-state index in [1.165, 1.54) is 0 Å². The average molecular weight is 246 g/mol. The van der Waals surface area contributed by atoms with Crippen molar-refractivity contribution in [3.05, 3.63) is 48.5 Å². The molecule has 0 aliphatic carbocycles. The molecule has 0 aromatic heterocycles. The van der Waals surface area contributed by atoms with Crippen molar-refractivity contribution in [1.29, 1.82) is 0 Å². The Hall–Kier alpha value is -1.26. The molecule has 0 bridgehead atoms. The lowest BCUT2D eigenvalue weighted by Crippen LogP contribution is -1.66. The van der Waals surface area contributed by atoms with Crippen LogP contribution in [0.15, 0.2) is 68.6 Å². The van der Waals surface area contributed by atoms with Crippen molar-refractivity contribution in [2.24, 2.45) is 10.2 Å². The van der Waals surface area contributed by atoms with E-state index < -0.39 is 0 Å². The van der Waals surface area contributed by atoms with E-state index >= 15 is 0 Å². The topological polar surface area (TPSA) is 24.7 Å². The molecule has 0 atom stereocenters. The monoisotopic (exact) mass is 246 g/mol. The summed E-state index contributed by atoms with van der Waals surface area (Å²) in [5.74, 6) is 0. The lowest BCUT2D eigenvalue weighted by atomic mass is 10.3. The molecule has 16 heavy (non-hydrogen) atoms. The van der Waals surface area contributed by atoms with Crippen LogP contribution in [0, 0.1) is 0 Å². The van der Waals surface area contributed by atoms with Gasteiger partial charge >= 0.3 is 0 Å². The number of benzene rings is 2. The first-order valence-electron chi connectivity index (χ1n) is 4.74. The van der Waals surface area contributed by atoms with Gasteiger partial charge in [-0.15, -0.1) is 25.3 Å². The third-order valence-electron chi connectivity index (χ3n) is 1.98. The molecule has 0 fully saturated rings. The number of hydrogen-bond acceptors (Lipinski definition) is 4. The Morgan fingerprint density at radius 3 is 1.19 bits per heavy atom. The summed E-state index contributed by atoms with van der Waals surface area (Å²) < 4.78 is 0. The highest BCUT2D eigenvalue weighted by Gasteiger charge is 1.91. The average Bonchev–Trinajstić information content (AvgIpc) is 2.30. The summed E-state index contributed by atoms with van der Waals surface area (Å²) >= 11 is 8.40. The van der Waals surface area contributed by atoms with Crippen LogP contribution >= 0.6 is 25.3 Å². The Bertz CT molecular complexity index is 442. The van der Waals surface area contributed by atoms with Gasteiger partial charge in [0.1, 0.15) is 0 Å². The smallest absolute Gasteiger partial charge is 0.0857 e. The van der Waals surface area contributed by atoms with Gasteiger partial charge < -0.3 is 0 Å². The highest BCUT2D eigenvalue weighted by atomic mass is 32.1. The van der Waals surface area contributed by atoms with Gasteiger partial charge in [0.25, 0.3) is 0 Å². The Balaban J connectivity index is 2.15. The van der Waals surface area contributed by atoms with Crippen molar-refractivity contribution in [1.82, 2.24) is 0 Å². The summed E-state index contributed by atoms with van der Waals surface area (Å²) in [6.45, 7) is 0. The molecule has 0 unspecified atom stereocenters. The second-order valence-electron chi connectivity index (χ2n) is 3.23. The molecule has 80 valence electrons. The van der Waals surface area contributed by atoms with Gasteiger partial charge in [0, 0.05) is 9.79 Å². The molecule has 0 aliphatic heterocycles. The minimum absolute atomic E-state index is 0.813. The van der Waals surface area contributed by atoms with E-state index in [1.54, 1.807) is 0 Å². The fraction of sp³-hybridized carbons (Fsp3) is 0. The van der Waals surface area contributed by atoms with E-state index in [1.807, 2.05) is 48.5 Å². The number of hydrogen-bond donors (Lipinski definition) is 2. The molecule has 0 heterocycles. The molecule has 0 amide bonds. The van der Waals surface area contributed by atoms with Crippen molar-refractivity contribution < 1.29 is 0 Å². The minimum atomic E-state index is 0.813. The molecule has 4 heteroatoms. The molecule has 2 aromatic rings. The van der Waals surface area contributed by atoms with Crippen LogP contribution in [0.2, 0.25) is 0 Å². The molecule has 0 saturated heterocycles. The Labute approximate surface area is 105 Å². The second-order valence-corrected chi connectivity index (χ2v) is 4.27. The van der Waals surface area contributed by atoms with E-state index in [4.69, 9.17) is 0 Å². The van der Waals surface area contributed by atoms with E-state index in [0.717, 1.165) is 21.2 Å². The van der Waals surface area contributed by atoms with Gasteiger partial charge in [-0.25, -0.2) is 0 Å². The fourth-order valence-corrected chi connectivity index (χ4v) is 1.45. The normalized spacial score (nSPS) is 10.9. The van der Waals surface area contributed by atoms with Crippen LogP contribution in [-0.2, 0) is 0 Å². The SMILES string of the molecule is Sc1ccc(/N=N/c2ccc(S)cc2)cc1. The number of rotatable bonds is 2. The Morgan fingerprint density at radius 1 is 0.562 bits per heavy atom. The third-order valence-corrected chi connectivity index (χ3v) is 2.58. The van der Waals surface area contributed by atoms with Crippen LogP contribution in [-0.4, -0.2) is 0 Å². The van der Waals surface area contributed by atoms with Crippen molar-refractivity contribution in [3.63, 3.8) is 0 Å². The predicted molar refractivity (Wildman–Crippen MR) is 71.6 cm³/mol. The number of nitrogens with zero attached hydrogens (tertiary/aromatic N) is 2. The first-order chi connectivity index (χ1) is 7.74. The molecular weight excluding hydrogens is 236 g/mol. The van der Waals surface area contributed by atoms with Crippen LogP contribution in [0.25, 0.3) is 0 Å². The van der Waals surface area contributed by atoms with Crippen LogP contribution in [0.3, 0.4) is 0 Å². The van der Waals surface area contributed by atoms with E-state index in [0.29, 0.717) is 0 Å². The van der Waals surface area contributed by atoms with Crippen molar-refractivity contribution in [2.45, 2.75) is 9.79 Å². The lowest BCUT2D eigenvalue weighted by molar-refractivity contribution is 1.22. The van der Waals surface area contributed by atoms with Crippen molar-refractivity contribution >= 4 is 36.6 Å². The molecule has 0 aliphatic rings. The molecule has 0 saturated carbocycles. The largest absolute Gasteiger partial charge is 0.151 e. The zero-order valence-corrected chi connectivity index (χ0v) is 10.2. The summed E-state index contributed by atoms with van der Waals surface area (Å²) in [6.07, 6.45) is 0. The molecule has 2 nitrogen and oxygen atoms in total. The molecule has 0 radical (unpaired) electrons. The summed E-state index contributed by atoms with van der Waals surface area (Å²) in [5.41, 5.74) is 1.63. The van der Waals surface area contributed by atoms with E-state index in [2.05, 4.69) is 35.5 Å². The van der Waals surface area contributed by atoms with Gasteiger partial charge in [-0.05, 0) is 48.5 Å². The third kappa shape index (κ3) is 3.12. The van der Waals surface area contributed by atoms with Gasteiger partial charge in [-0.2, -0.15) is 10.2 Å². The van der Waals surface area contributed by atoms with E-state index in [9.17, 15) is 0 Å². The lowest BCUT2D eigenvalue weighted by Gasteiger charge is -1.94. The maximum atomic E-state index is 4.20.